The fourth-order valence-corrected chi connectivity index (χ4v) is 1.99. The number of esters is 1. The molecule has 0 aromatic heterocycles. The molecule has 0 radical (unpaired) electrons. The molecule has 1 aromatic carbocycles. The highest BCUT2D eigenvalue weighted by Crippen LogP contribution is 2.30. The van der Waals surface area contributed by atoms with Gasteiger partial charge in [-0.25, -0.2) is 4.79 Å². The van der Waals surface area contributed by atoms with Crippen LogP contribution in [-0.4, -0.2) is 30.7 Å². The normalized spacial score (nSPS) is 21.6. The Morgan fingerprint density at radius 1 is 1.43 bits per heavy atom. The topological polar surface area (TPSA) is 87.9 Å². The molecule has 7 nitrogen and oxygen atoms in total. The maximum absolute atomic E-state index is 11.5. The van der Waals surface area contributed by atoms with Crippen LogP contribution in [-0.2, 0) is 19.0 Å². The van der Waals surface area contributed by atoms with Crippen molar-refractivity contribution in [2.45, 2.75) is 18.8 Å². The van der Waals surface area contributed by atoms with Gasteiger partial charge in [-0.15, -0.1) is 0 Å². The SMILES string of the molecule is C=C(C(=O)OC)C1CCOC(c2ccc([N+](=O)[O-])cc2)O1. The number of nitro benzene ring substituents is 1. The summed E-state index contributed by atoms with van der Waals surface area (Å²) in [5, 5.41) is 10.6. The molecule has 0 spiro atoms. The molecule has 1 heterocycles. The summed E-state index contributed by atoms with van der Waals surface area (Å²) in [5.41, 5.74) is 0.862. The maximum atomic E-state index is 11.5. The first-order valence-electron chi connectivity index (χ1n) is 6.31. The van der Waals surface area contributed by atoms with Crippen molar-refractivity contribution in [1.29, 1.82) is 0 Å². The van der Waals surface area contributed by atoms with Crippen LogP contribution in [0.3, 0.4) is 0 Å². The second-order valence-electron chi connectivity index (χ2n) is 4.48. The molecule has 7 heteroatoms. The van der Waals surface area contributed by atoms with E-state index in [1.807, 2.05) is 0 Å². The molecule has 0 saturated carbocycles. The van der Waals surface area contributed by atoms with Crippen molar-refractivity contribution in [3.8, 4) is 0 Å². The van der Waals surface area contributed by atoms with Gasteiger partial charge in [0.05, 0.1) is 30.3 Å². The number of hydrogen-bond donors (Lipinski definition) is 0. The highest BCUT2D eigenvalue weighted by molar-refractivity contribution is 5.88. The fourth-order valence-electron chi connectivity index (χ4n) is 1.99. The molecule has 0 amide bonds. The van der Waals surface area contributed by atoms with Gasteiger partial charge in [0.2, 0.25) is 0 Å². The third-order valence-electron chi connectivity index (χ3n) is 3.15. The zero-order valence-electron chi connectivity index (χ0n) is 11.5. The lowest BCUT2D eigenvalue weighted by Gasteiger charge is -2.30. The van der Waals surface area contributed by atoms with Gasteiger partial charge in [0.15, 0.2) is 6.29 Å². The second kappa shape index (κ2) is 6.47. The quantitative estimate of drug-likeness (QED) is 0.366. The van der Waals surface area contributed by atoms with Crippen LogP contribution in [0, 0.1) is 10.1 Å². The zero-order valence-corrected chi connectivity index (χ0v) is 11.5. The van der Waals surface area contributed by atoms with Gasteiger partial charge in [0.25, 0.3) is 5.69 Å². The van der Waals surface area contributed by atoms with E-state index in [9.17, 15) is 14.9 Å². The Hall–Kier alpha value is -2.25. The molecule has 1 aromatic rings. The lowest BCUT2D eigenvalue weighted by Crippen LogP contribution is -2.31. The first-order chi connectivity index (χ1) is 10.0. The van der Waals surface area contributed by atoms with Crippen molar-refractivity contribution >= 4 is 11.7 Å². The summed E-state index contributed by atoms with van der Waals surface area (Å²) in [6, 6.07) is 5.87. The van der Waals surface area contributed by atoms with Crippen LogP contribution in [0.4, 0.5) is 5.69 Å². The summed E-state index contributed by atoms with van der Waals surface area (Å²) in [7, 11) is 1.28. The molecule has 2 unspecified atom stereocenters. The van der Waals surface area contributed by atoms with E-state index in [0.29, 0.717) is 18.6 Å². The number of carbonyl (C=O) groups excluding carboxylic acids is 1. The molecule has 112 valence electrons. The number of methoxy groups -OCH3 is 1. The first kappa shape index (κ1) is 15.1. The summed E-state index contributed by atoms with van der Waals surface area (Å²) in [4.78, 5) is 21.6. The van der Waals surface area contributed by atoms with Gasteiger partial charge in [-0.3, -0.25) is 10.1 Å². The van der Waals surface area contributed by atoms with Crippen LogP contribution >= 0.6 is 0 Å². The molecule has 2 rings (SSSR count). The van der Waals surface area contributed by atoms with Crippen molar-refractivity contribution in [1.82, 2.24) is 0 Å². The Morgan fingerprint density at radius 3 is 2.67 bits per heavy atom. The summed E-state index contributed by atoms with van der Waals surface area (Å²) in [6.45, 7) is 4.06. The number of carbonyl (C=O) groups is 1. The smallest absolute Gasteiger partial charge is 0.335 e. The predicted molar refractivity (Wildman–Crippen MR) is 72.4 cm³/mol. The predicted octanol–water partition coefficient (Wildman–Crippen LogP) is 2.13. The Labute approximate surface area is 121 Å². The third kappa shape index (κ3) is 3.45. The average Bonchev–Trinajstić information content (AvgIpc) is 2.53. The van der Waals surface area contributed by atoms with Gasteiger partial charge in [-0.05, 0) is 12.1 Å². The van der Waals surface area contributed by atoms with Crippen LogP contribution < -0.4 is 0 Å². The lowest BCUT2D eigenvalue weighted by molar-refractivity contribution is -0.384. The largest absolute Gasteiger partial charge is 0.466 e. The standard InChI is InChI=1S/C14H15NO6/c1-9(13(16)19-2)12-7-8-20-14(21-12)10-3-5-11(6-4-10)15(17)18/h3-6,12,14H,1,7-8H2,2H3. The van der Waals surface area contributed by atoms with E-state index in [1.54, 1.807) is 12.1 Å². The molecule has 0 bridgehead atoms. The van der Waals surface area contributed by atoms with E-state index in [1.165, 1.54) is 19.2 Å². The van der Waals surface area contributed by atoms with Crippen LogP contribution in [0.5, 0.6) is 0 Å². The summed E-state index contributed by atoms with van der Waals surface area (Å²) in [5.74, 6) is -0.524. The summed E-state index contributed by atoms with van der Waals surface area (Å²) < 4.78 is 15.8. The number of hydrogen-bond acceptors (Lipinski definition) is 6. The molecular formula is C14H15NO6. The number of nitro groups is 1. The number of rotatable bonds is 4. The van der Waals surface area contributed by atoms with Crippen molar-refractivity contribution < 1.29 is 23.9 Å². The monoisotopic (exact) mass is 293 g/mol. The van der Waals surface area contributed by atoms with Gasteiger partial charge in [0, 0.05) is 24.1 Å². The van der Waals surface area contributed by atoms with Gasteiger partial charge >= 0.3 is 5.97 Å². The molecule has 0 aliphatic carbocycles. The summed E-state index contributed by atoms with van der Waals surface area (Å²) in [6.07, 6.45) is -0.686. The van der Waals surface area contributed by atoms with Crippen LogP contribution in [0.15, 0.2) is 36.4 Å². The average molecular weight is 293 g/mol. The van der Waals surface area contributed by atoms with E-state index >= 15 is 0 Å². The van der Waals surface area contributed by atoms with E-state index < -0.39 is 23.3 Å². The number of non-ortho nitro benzene ring substituents is 1. The minimum Gasteiger partial charge on any atom is -0.466 e. The Kier molecular flexibility index (Phi) is 4.66. The Balaban J connectivity index is 2.08. The fraction of sp³-hybridized carbons (Fsp3) is 0.357. The molecule has 1 aliphatic heterocycles. The van der Waals surface area contributed by atoms with Gasteiger partial charge in [-0.2, -0.15) is 0 Å². The maximum Gasteiger partial charge on any atom is 0.335 e. The molecule has 2 atom stereocenters. The van der Waals surface area contributed by atoms with Gasteiger partial charge < -0.3 is 14.2 Å². The minimum atomic E-state index is -0.689. The van der Waals surface area contributed by atoms with Crippen LogP contribution in [0.1, 0.15) is 18.3 Å². The van der Waals surface area contributed by atoms with Crippen LogP contribution in [0.25, 0.3) is 0 Å². The Morgan fingerprint density at radius 2 is 2.10 bits per heavy atom. The highest BCUT2D eigenvalue weighted by Gasteiger charge is 2.29. The Bertz CT molecular complexity index is 553. The van der Waals surface area contributed by atoms with Gasteiger partial charge in [0.1, 0.15) is 0 Å². The van der Waals surface area contributed by atoms with E-state index in [2.05, 4.69) is 11.3 Å². The van der Waals surface area contributed by atoms with Crippen molar-refractivity contribution in [3.63, 3.8) is 0 Å². The van der Waals surface area contributed by atoms with E-state index in [4.69, 9.17) is 9.47 Å². The van der Waals surface area contributed by atoms with E-state index in [0.717, 1.165) is 0 Å². The lowest BCUT2D eigenvalue weighted by atomic mass is 10.1. The van der Waals surface area contributed by atoms with E-state index in [-0.39, 0.29) is 11.3 Å². The molecule has 21 heavy (non-hydrogen) atoms. The van der Waals surface area contributed by atoms with Crippen molar-refractivity contribution in [3.05, 3.63) is 52.1 Å². The first-order valence-corrected chi connectivity index (χ1v) is 6.31. The molecule has 1 fully saturated rings. The number of ether oxygens (including phenoxy) is 3. The molecule has 0 N–H and O–H groups in total. The minimum absolute atomic E-state index is 0.00919. The second-order valence-corrected chi connectivity index (χ2v) is 4.48. The third-order valence-corrected chi connectivity index (χ3v) is 3.15. The van der Waals surface area contributed by atoms with Crippen molar-refractivity contribution in [2.75, 3.05) is 13.7 Å². The van der Waals surface area contributed by atoms with Crippen molar-refractivity contribution in [2.24, 2.45) is 0 Å². The highest BCUT2D eigenvalue weighted by atomic mass is 16.7. The van der Waals surface area contributed by atoms with Gasteiger partial charge in [-0.1, -0.05) is 6.58 Å². The molecule has 1 saturated heterocycles. The summed E-state index contributed by atoms with van der Waals surface area (Å²) >= 11 is 0. The number of nitrogens with zero attached hydrogens (tertiary/aromatic N) is 1. The van der Waals surface area contributed by atoms with Crippen LogP contribution in [0.2, 0.25) is 0 Å². The zero-order chi connectivity index (χ0) is 15.4. The molecule has 1 aliphatic rings. The molecular weight excluding hydrogens is 278 g/mol. The number of benzene rings is 1.